The van der Waals surface area contributed by atoms with Crippen LogP contribution in [0.1, 0.15) is 23.9 Å². The van der Waals surface area contributed by atoms with Crippen molar-refractivity contribution in [2.45, 2.75) is 18.6 Å². The van der Waals surface area contributed by atoms with Crippen LogP contribution in [-0.4, -0.2) is 15.3 Å². The van der Waals surface area contributed by atoms with Gasteiger partial charge in [-0.2, -0.15) is 0 Å². The Kier molecular flexibility index (Phi) is 6.63. The van der Waals surface area contributed by atoms with Crippen molar-refractivity contribution in [1.29, 1.82) is 0 Å². The van der Waals surface area contributed by atoms with E-state index >= 15 is 0 Å². The number of aliphatic hydroxyl groups excluding tert-OH is 1. The minimum absolute atomic E-state index is 0. The molecule has 4 nitrogen and oxygen atoms in total. The maximum absolute atomic E-state index is 10.3. The highest BCUT2D eigenvalue weighted by atomic mass is 79.9. The van der Waals surface area contributed by atoms with Crippen LogP contribution in [0.5, 0.6) is 0 Å². The van der Waals surface area contributed by atoms with Crippen molar-refractivity contribution in [3.63, 3.8) is 0 Å². The maximum Gasteiger partial charge on any atom is 0.281 e. The summed E-state index contributed by atoms with van der Waals surface area (Å²) < 4.78 is 5.64. The van der Waals surface area contributed by atoms with Crippen molar-refractivity contribution in [3.8, 4) is 0 Å². The largest absolute Gasteiger partial charge is 1.00 e. The molecule has 0 fully saturated rings. The molecule has 0 aliphatic rings. The Morgan fingerprint density at radius 1 is 1.00 bits per heavy atom. The van der Waals surface area contributed by atoms with E-state index < -0.39 is 0 Å². The van der Waals surface area contributed by atoms with Gasteiger partial charge < -0.3 is 26.5 Å². The standard InChI is InChI=1S/C18H16N2O2S.BrH/c1-13(17(21)15-10-6-3-7-11-15)23-18-20-19-16(22-18)12-14-8-4-2-5-9-14;/h2-11,21H,12H2,1H3;1H/p-1/b17-13+;. The van der Waals surface area contributed by atoms with Gasteiger partial charge in [0.25, 0.3) is 5.22 Å². The van der Waals surface area contributed by atoms with Crippen molar-refractivity contribution >= 4 is 17.5 Å². The Labute approximate surface area is 155 Å². The fraction of sp³-hybridized carbons (Fsp3) is 0.111. The Balaban J connectivity index is 0.00000208. The molecule has 3 rings (SSSR count). The Bertz CT molecular complexity index is 804. The Morgan fingerprint density at radius 3 is 2.29 bits per heavy atom. The second kappa shape index (κ2) is 8.70. The first-order valence-electron chi connectivity index (χ1n) is 7.22. The Hall–Kier alpha value is -2.05. The minimum atomic E-state index is 0. The van der Waals surface area contributed by atoms with E-state index in [2.05, 4.69) is 10.2 Å². The first-order chi connectivity index (χ1) is 11.2. The molecule has 1 N–H and O–H groups in total. The van der Waals surface area contributed by atoms with Gasteiger partial charge in [-0.3, -0.25) is 0 Å². The average Bonchev–Trinajstić information content (AvgIpc) is 3.02. The lowest BCUT2D eigenvalue weighted by Crippen LogP contribution is -3.00. The molecule has 3 aromatic rings. The molecule has 0 amide bonds. The molecule has 0 saturated heterocycles. The van der Waals surface area contributed by atoms with Gasteiger partial charge in [0.05, 0.1) is 6.42 Å². The molecule has 0 radical (unpaired) electrons. The van der Waals surface area contributed by atoms with Gasteiger partial charge in [0.15, 0.2) is 0 Å². The van der Waals surface area contributed by atoms with Crippen molar-refractivity contribution in [2.24, 2.45) is 0 Å². The third kappa shape index (κ3) is 4.72. The van der Waals surface area contributed by atoms with E-state index in [1.54, 1.807) is 0 Å². The SMILES string of the molecule is C/C(Sc1nnc(Cc2ccccc2)o1)=C(\O)c1ccccc1.[Br-]. The predicted molar refractivity (Wildman–Crippen MR) is 91.1 cm³/mol. The molecule has 0 unspecified atom stereocenters. The molecule has 0 spiro atoms. The van der Waals surface area contributed by atoms with E-state index in [1.807, 2.05) is 67.6 Å². The summed E-state index contributed by atoms with van der Waals surface area (Å²) in [4.78, 5) is 0.714. The number of halogens is 1. The summed E-state index contributed by atoms with van der Waals surface area (Å²) in [5.74, 6) is 0.782. The normalized spacial score (nSPS) is 11.5. The van der Waals surface area contributed by atoms with E-state index in [9.17, 15) is 5.11 Å². The first-order valence-corrected chi connectivity index (χ1v) is 8.03. The lowest BCUT2D eigenvalue weighted by molar-refractivity contribution is -0.00000629. The van der Waals surface area contributed by atoms with E-state index in [4.69, 9.17) is 4.42 Å². The van der Waals surface area contributed by atoms with Crippen LogP contribution >= 0.6 is 11.8 Å². The molecule has 0 aliphatic carbocycles. The number of aromatic nitrogens is 2. The van der Waals surface area contributed by atoms with Gasteiger partial charge in [-0.05, 0) is 24.2 Å². The zero-order chi connectivity index (χ0) is 16.1. The van der Waals surface area contributed by atoms with Crippen LogP contribution in [0.15, 0.2) is 75.2 Å². The van der Waals surface area contributed by atoms with Gasteiger partial charge in [-0.15, -0.1) is 10.2 Å². The van der Waals surface area contributed by atoms with E-state index in [1.165, 1.54) is 11.8 Å². The van der Waals surface area contributed by atoms with Gasteiger partial charge in [-0.25, -0.2) is 0 Å². The molecule has 1 aromatic heterocycles. The van der Waals surface area contributed by atoms with E-state index in [-0.39, 0.29) is 22.7 Å². The van der Waals surface area contributed by atoms with E-state index in [0.29, 0.717) is 22.4 Å². The maximum atomic E-state index is 10.3. The number of nitrogens with zero attached hydrogens (tertiary/aromatic N) is 2. The van der Waals surface area contributed by atoms with Gasteiger partial charge in [-0.1, -0.05) is 60.7 Å². The fourth-order valence-corrected chi connectivity index (χ4v) is 2.80. The summed E-state index contributed by atoms with van der Waals surface area (Å²) in [5, 5.41) is 18.8. The lowest BCUT2D eigenvalue weighted by atomic mass is 10.2. The van der Waals surface area contributed by atoms with Gasteiger partial charge in [0, 0.05) is 10.5 Å². The van der Waals surface area contributed by atoms with Crippen molar-refractivity contribution in [2.75, 3.05) is 0 Å². The number of rotatable bonds is 5. The molecule has 2 aromatic carbocycles. The highest BCUT2D eigenvalue weighted by Gasteiger charge is 2.11. The predicted octanol–water partition coefficient (Wildman–Crippen LogP) is 1.70. The third-order valence-electron chi connectivity index (χ3n) is 3.27. The number of hydrogen-bond acceptors (Lipinski definition) is 5. The van der Waals surface area contributed by atoms with Crippen LogP contribution in [0.3, 0.4) is 0 Å². The number of benzene rings is 2. The molecule has 0 aliphatic heterocycles. The molecule has 6 heteroatoms. The van der Waals surface area contributed by atoms with Crippen LogP contribution in [0, 0.1) is 0 Å². The van der Waals surface area contributed by atoms with Crippen LogP contribution in [0.2, 0.25) is 0 Å². The topological polar surface area (TPSA) is 59.2 Å². The zero-order valence-corrected chi connectivity index (χ0v) is 15.4. The van der Waals surface area contributed by atoms with Crippen LogP contribution in [0.4, 0.5) is 0 Å². The smallest absolute Gasteiger partial charge is 0.281 e. The van der Waals surface area contributed by atoms with Gasteiger partial charge >= 0.3 is 0 Å². The average molecular weight is 404 g/mol. The summed E-state index contributed by atoms with van der Waals surface area (Å²) in [6.07, 6.45) is 0.599. The van der Waals surface area contributed by atoms with Crippen molar-refractivity contribution in [3.05, 3.63) is 82.6 Å². The highest BCUT2D eigenvalue weighted by Crippen LogP contribution is 2.30. The number of allylic oxidation sites excluding steroid dienone is 1. The molecule has 124 valence electrons. The summed E-state index contributed by atoms with van der Waals surface area (Å²) in [6.45, 7) is 1.83. The molecular weight excluding hydrogens is 388 g/mol. The molecule has 1 heterocycles. The van der Waals surface area contributed by atoms with Crippen LogP contribution < -0.4 is 17.0 Å². The van der Waals surface area contributed by atoms with Crippen molar-refractivity contribution < 1.29 is 26.5 Å². The van der Waals surface area contributed by atoms with Gasteiger partial charge in [0.2, 0.25) is 5.89 Å². The molecule has 0 atom stereocenters. The highest BCUT2D eigenvalue weighted by molar-refractivity contribution is 8.03. The van der Waals surface area contributed by atoms with Crippen molar-refractivity contribution in [1.82, 2.24) is 10.2 Å². The van der Waals surface area contributed by atoms with Crippen LogP contribution in [0.25, 0.3) is 5.76 Å². The quantitative estimate of drug-likeness (QED) is 0.518. The van der Waals surface area contributed by atoms with Gasteiger partial charge in [0.1, 0.15) is 5.76 Å². The monoisotopic (exact) mass is 403 g/mol. The molecule has 24 heavy (non-hydrogen) atoms. The zero-order valence-electron chi connectivity index (χ0n) is 13.0. The number of hydrogen-bond donors (Lipinski definition) is 1. The second-order valence-corrected chi connectivity index (χ2v) is 6.16. The first kappa shape index (κ1) is 18.3. The molecule has 0 saturated carbocycles. The van der Waals surface area contributed by atoms with Crippen LogP contribution in [-0.2, 0) is 6.42 Å². The summed E-state index contributed by atoms with van der Waals surface area (Å²) in [6, 6.07) is 19.3. The summed E-state index contributed by atoms with van der Waals surface area (Å²) >= 11 is 1.27. The summed E-state index contributed by atoms with van der Waals surface area (Å²) in [7, 11) is 0. The second-order valence-electron chi connectivity index (χ2n) is 5.00. The number of thioether (sulfide) groups is 1. The Morgan fingerprint density at radius 2 is 1.62 bits per heavy atom. The lowest BCUT2D eigenvalue weighted by Gasteiger charge is -2.03. The minimum Gasteiger partial charge on any atom is -1.00 e. The molecular formula is C18H16BrN2O2S-. The molecule has 0 bridgehead atoms. The third-order valence-corrected chi connectivity index (χ3v) is 4.11. The fourth-order valence-electron chi connectivity index (χ4n) is 2.10. The number of aliphatic hydroxyl groups is 1. The summed E-state index contributed by atoms with van der Waals surface area (Å²) in [5.41, 5.74) is 1.88. The van der Waals surface area contributed by atoms with E-state index in [0.717, 1.165) is 11.1 Å².